The average molecular weight is 256 g/mol. The van der Waals surface area contributed by atoms with Crippen LogP contribution < -0.4 is 9.47 Å². The van der Waals surface area contributed by atoms with Gasteiger partial charge in [0.2, 0.25) is 0 Å². The molecule has 0 aliphatic carbocycles. The molecule has 0 atom stereocenters. The number of rotatable bonds is 3. The number of Topliss-reactive ketones (excluding diaryl/α,β-unsaturated/α-hetero) is 1. The van der Waals surface area contributed by atoms with Crippen LogP contribution in [0.15, 0.2) is 36.8 Å². The predicted octanol–water partition coefficient (Wildman–Crippen LogP) is 1.67. The minimum absolute atomic E-state index is 0.0162. The zero-order valence-corrected chi connectivity index (χ0v) is 10.2. The number of hydrogen-bond donors (Lipinski definition) is 0. The molecule has 5 nitrogen and oxygen atoms in total. The largest absolute Gasteiger partial charge is 0.486 e. The summed E-state index contributed by atoms with van der Waals surface area (Å²) in [6, 6.07) is 5.22. The van der Waals surface area contributed by atoms with Crippen LogP contribution in [0.4, 0.5) is 0 Å². The molecule has 1 aromatic heterocycles. The van der Waals surface area contributed by atoms with Gasteiger partial charge in [-0.25, -0.2) is 0 Å². The van der Waals surface area contributed by atoms with Gasteiger partial charge in [0.15, 0.2) is 17.3 Å². The number of fused-ring (bicyclic) bond motifs is 1. The number of carbonyl (C=O) groups is 1. The topological polar surface area (TPSA) is 61.3 Å². The van der Waals surface area contributed by atoms with Crippen molar-refractivity contribution >= 4 is 5.78 Å². The van der Waals surface area contributed by atoms with Crippen LogP contribution in [0.25, 0.3) is 0 Å². The maximum Gasteiger partial charge on any atom is 0.169 e. The molecular formula is C14H12N2O3. The van der Waals surface area contributed by atoms with E-state index in [4.69, 9.17) is 9.47 Å². The molecule has 3 rings (SSSR count). The lowest BCUT2D eigenvalue weighted by atomic mass is 10.1. The fraction of sp³-hybridized carbons (Fsp3) is 0.214. The highest BCUT2D eigenvalue weighted by Gasteiger charge is 2.15. The van der Waals surface area contributed by atoms with Crippen molar-refractivity contribution in [1.82, 2.24) is 9.97 Å². The van der Waals surface area contributed by atoms with Crippen molar-refractivity contribution in [3.63, 3.8) is 0 Å². The molecule has 5 heteroatoms. The molecule has 1 aliphatic rings. The summed E-state index contributed by atoms with van der Waals surface area (Å²) in [6.45, 7) is 1.05. The van der Waals surface area contributed by atoms with Crippen molar-refractivity contribution in [1.29, 1.82) is 0 Å². The van der Waals surface area contributed by atoms with Crippen LogP contribution in [0.5, 0.6) is 11.5 Å². The smallest absolute Gasteiger partial charge is 0.169 e. The molecule has 2 aromatic rings. The quantitative estimate of drug-likeness (QED) is 0.782. The molecule has 1 aromatic carbocycles. The lowest BCUT2D eigenvalue weighted by Crippen LogP contribution is -2.16. The first kappa shape index (κ1) is 11.6. The van der Waals surface area contributed by atoms with Crippen LogP contribution in [-0.4, -0.2) is 29.0 Å². The molecule has 0 N–H and O–H groups in total. The molecule has 0 bridgehead atoms. The molecule has 0 saturated carbocycles. The van der Waals surface area contributed by atoms with Crippen molar-refractivity contribution in [2.75, 3.05) is 13.2 Å². The van der Waals surface area contributed by atoms with Crippen LogP contribution in [0.1, 0.15) is 16.1 Å². The van der Waals surface area contributed by atoms with Crippen LogP contribution in [-0.2, 0) is 6.42 Å². The number of aromatic nitrogens is 2. The number of ketones is 1. The van der Waals surface area contributed by atoms with E-state index in [-0.39, 0.29) is 12.2 Å². The lowest BCUT2D eigenvalue weighted by molar-refractivity contribution is 0.0990. The highest BCUT2D eigenvalue weighted by molar-refractivity contribution is 5.97. The molecule has 0 spiro atoms. The number of benzene rings is 1. The van der Waals surface area contributed by atoms with Crippen molar-refractivity contribution in [2.24, 2.45) is 0 Å². The van der Waals surface area contributed by atoms with Crippen molar-refractivity contribution in [3.05, 3.63) is 48.0 Å². The minimum Gasteiger partial charge on any atom is -0.486 e. The van der Waals surface area contributed by atoms with Crippen LogP contribution >= 0.6 is 0 Å². The van der Waals surface area contributed by atoms with Crippen LogP contribution in [0.2, 0.25) is 0 Å². The van der Waals surface area contributed by atoms with E-state index in [1.807, 2.05) is 0 Å². The molecule has 19 heavy (non-hydrogen) atoms. The van der Waals surface area contributed by atoms with Crippen LogP contribution in [0, 0.1) is 0 Å². The zero-order chi connectivity index (χ0) is 13.1. The van der Waals surface area contributed by atoms with E-state index in [0.717, 1.165) is 0 Å². The van der Waals surface area contributed by atoms with Gasteiger partial charge in [0.1, 0.15) is 13.2 Å². The minimum atomic E-state index is -0.0162. The maximum absolute atomic E-state index is 12.1. The van der Waals surface area contributed by atoms with Crippen molar-refractivity contribution < 1.29 is 14.3 Å². The van der Waals surface area contributed by atoms with E-state index in [2.05, 4.69) is 9.97 Å². The Labute approximate surface area is 110 Å². The summed E-state index contributed by atoms with van der Waals surface area (Å²) in [5, 5.41) is 0. The van der Waals surface area contributed by atoms with Crippen LogP contribution in [0.3, 0.4) is 0 Å². The SMILES string of the molecule is O=C(Cc1cnccn1)c1ccc2c(c1)OCCO2. The molecule has 0 saturated heterocycles. The third-order valence-electron chi connectivity index (χ3n) is 2.82. The number of nitrogens with zero attached hydrogens (tertiary/aromatic N) is 2. The first-order valence-electron chi connectivity index (χ1n) is 6.01. The second-order valence-electron chi connectivity index (χ2n) is 4.16. The van der Waals surface area contributed by atoms with E-state index in [1.54, 1.807) is 36.8 Å². The molecule has 0 fully saturated rings. The van der Waals surface area contributed by atoms with Gasteiger partial charge in [0, 0.05) is 24.2 Å². The fourth-order valence-corrected chi connectivity index (χ4v) is 1.90. The zero-order valence-electron chi connectivity index (χ0n) is 10.2. The van der Waals surface area contributed by atoms with Crippen molar-refractivity contribution in [3.8, 4) is 11.5 Å². The van der Waals surface area contributed by atoms with Gasteiger partial charge in [-0.2, -0.15) is 0 Å². The lowest BCUT2D eigenvalue weighted by Gasteiger charge is -2.18. The van der Waals surface area contributed by atoms with Crippen molar-refractivity contribution in [2.45, 2.75) is 6.42 Å². The summed E-state index contributed by atoms with van der Waals surface area (Å²) >= 11 is 0. The number of ether oxygens (including phenoxy) is 2. The normalized spacial score (nSPS) is 13.1. The van der Waals surface area contributed by atoms with Gasteiger partial charge < -0.3 is 9.47 Å². The second-order valence-corrected chi connectivity index (χ2v) is 4.16. The summed E-state index contributed by atoms with van der Waals surface area (Å²) in [4.78, 5) is 20.2. The van der Waals surface area contributed by atoms with Gasteiger partial charge in [-0.1, -0.05) is 0 Å². The molecule has 0 amide bonds. The second kappa shape index (κ2) is 5.06. The first-order valence-corrected chi connectivity index (χ1v) is 6.01. The summed E-state index contributed by atoms with van der Waals surface area (Å²) in [6.07, 6.45) is 4.98. The third-order valence-corrected chi connectivity index (χ3v) is 2.82. The average Bonchev–Trinajstić information content (AvgIpc) is 2.48. The molecule has 1 aliphatic heterocycles. The fourth-order valence-electron chi connectivity index (χ4n) is 1.90. The van der Waals surface area contributed by atoms with Gasteiger partial charge >= 0.3 is 0 Å². The highest BCUT2D eigenvalue weighted by Crippen LogP contribution is 2.31. The van der Waals surface area contributed by atoms with Gasteiger partial charge in [-0.05, 0) is 18.2 Å². The molecule has 0 radical (unpaired) electrons. The predicted molar refractivity (Wildman–Crippen MR) is 67.5 cm³/mol. The molecular weight excluding hydrogens is 244 g/mol. The summed E-state index contributed by atoms with van der Waals surface area (Å²) < 4.78 is 10.9. The highest BCUT2D eigenvalue weighted by atomic mass is 16.6. The third kappa shape index (κ3) is 2.54. The van der Waals surface area contributed by atoms with E-state index >= 15 is 0 Å². The van der Waals surface area contributed by atoms with Gasteiger partial charge in [0.05, 0.1) is 12.1 Å². The van der Waals surface area contributed by atoms with E-state index in [0.29, 0.717) is 36.0 Å². The Balaban J connectivity index is 1.80. The van der Waals surface area contributed by atoms with E-state index in [1.165, 1.54) is 0 Å². The Morgan fingerprint density at radius 2 is 2.00 bits per heavy atom. The Morgan fingerprint density at radius 3 is 2.79 bits per heavy atom. The Morgan fingerprint density at radius 1 is 1.16 bits per heavy atom. The van der Waals surface area contributed by atoms with E-state index < -0.39 is 0 Å². The standard InChI is InChI=1S/C14H12N2O3/c17-12(8-11-9-15-3-4-16-11)10-1-2-13-14(7-10)19-6-5-18-13/h1-4,7,9H,5-6,8H2. The molecule has 2 heterocycles. The Bertz CT molecular complexity index is 599. The number of hydrogen-bond acceptors (Lipinski definition) is 5. The number of carbonyl (C=O) groups excluding carboxylic acids is 1. The van der Waals surface area contributed by atoms with Gasteiger partial charge in [-0.3, -0.25) is 14.8 Å². The maximum atomic E-state index is 12.1. The van der Waals surface area contributed by atoms with E-state index in [9.17, 15) is 4.79 Å². The monoisotopic (exact) mass is 256 g/mol. The Hall–Kier alpha value is -2.43. The summed E-state index contributed by atoms with van der Waals surface area (Å²) in [7, 11) is 0. The first-order chi connectivity index (χ1) is 9.33. The summed E-state index contributed by atoms with van der Waals surface area (Å²) in [5.41, 5.74) is 1.25. The van der Waals surface area contributed by atoms with Gasteiger partial charge in [-0.15, -0.1) is 0 Å². The molecule has 0 unspecified atom stereocenters. The van der Waals surface area contributed by atoms with Gasteiger partial charge in [0.25, 0.3) is 0 Å². The Kier molecular flexibility index (Phi) is 3.10. The molecule has 96 valence electrons. The summed E-state index contributed by atoms with van der Waals surface area (Å²) in [5.74, 6) is 1.29.